The second-order valence-corrected chi connectivity index (χ2v) is 8.36. The van der Waals surface area contributed by atoms with Crippen molar-refractivity contribution >= 4 is 0 Å². The number of hydrogen-bond donors (Lipinski definition) is 0. The van der Waals surface area contributed by atoms with Crippen LogP contribution in [-0.4, -0.2) is 77.3 Å². The molecule has 32 heavy (non-hydrogen) atoms. The highest BCUT2D eigenvalue weighted by Crippen LogP contribution is 2.46. The quantitative estimate of drug-likeness (QED) is 0.437. The Morgan fingerprint density at radius 1 is 0.625 bits per heavy atom. The Morgan fingerprint density at radius 2 is 1.16 bits per heavy atom. The summed E-state index contributed by atoms with van der Waals surface area (Å²) in [7, 11) is 0. The van der Waals surface area contributed by atoms with Gasteiger partial charge in [0.15, 0.2) is 11.5 Å². The van der Waals surface area contributed by atoms with Crippen LogP contribution in [-0.2, 0) is 18.9 Å². The number of benzene rings is 2. The number of hydrogen-bond acceptors (Lipinski definition) is 8. The average Bonchev–Trinajstić information content (AvgIpc) is 3.65. The molecule has 8 nitrogen and oxygen atoms in total. The first kappa shape index (κ1) is 20.1. The third-order valence-electron chi connectivity index (χ3n) is 5.51. The Morgan fingerprint density at radius 3 is 1.78 bits per heavy atom. The molecule has 4 unspecified atom stereocenters. The molecule has 0 spiro atoms. The highest BCUT2D eigenvalue weighted by molar-refractivity contribution is 5.80. The van der Waals surface area contributed by atoms with Crippen LogP contribution in [0.4, 0.5) is 0 Å². The summed E-state index contributed by atoms with van der Waals surface area (Å²) in [6, 6.07) is 11.7. The molecule has 4 fully saturated rings. The molecule has 0 radical (unpaired) electrons. The van der Waals surface area contributed by atoms with E-state index in [9.17, 15) is 0 Å². The molecule has 4 atom stereocenters. The van der Waals surface area contributed by atoms with Gasteiger partial charge < -0.3 is 37.9 Å². The van der Waals surface area contributed by atoms with Crippen molar-refractivity contribution in [3.05, 3.63) is 36.4 Å². The summed E-state index contributed by atoms with van der Waals surface area (Å²) in [5.41, 5.74) is 1.75. The second kappa shape index (κ2) is 8.78. The molecular formula is C24H26O8. The normalized spacial score (nSPS) is 26.9. The SMILES string of the molecule is c1cc(OCC2CO2)cc(-c2c(OCC3CO3)ccc(OCC3CO3)c2OCC2CO2)c1. The van der Waals surface area contributed by atoms with Crippen LogP contribution >= 0.6 is 0 Å². The van der Waals surface area contributed by atoms with Gasteiger partial charge in [-0.3, -0.25) is 0 Å². The van der Waals surface area contributed by atoms with Crippen molar-refractivity contribution in [1.29, 1.82) is 0 Å². The third kappa shape index (κ3) is 5.27. The summed E-state index contributed by atoms with van der Waals surface area (Å²) in [5, 5.41) is 0. The van der Waals surface area contributed by atoms with Crippen molar-refractivity contribution < 1.29 is 37.9 Å². The second-order valence-electron chi connectivity index (χ2n) is 8.36. The predicted octanol–water partition coefficient (Wildman–Crippen LogP) is 2.46. The van der Waals surface area contributed by atoms with E-state index in [2.05, 4.69) is 0 Å². The van der Waals surface area contributed by atoms with Gasteiger partial charge in [-0.15, -0.1) is 0 Å². The monoisotopic (exact) mass is 442 g/mol. The minimum absolute atomic E-state index is 0.111. The van der Waals surface area contributed by atoms with Crippen LogP contribution in [0.25, 0.3) is 11.1 Å². The Hall–Kier alpha value is -2.52. The third-order valence-corrected chi connectivity index (χ3v) is 5.51. The lowest BCUT2D eigenvalue weighted by Crippen LogP contribution is -2.11. The predicted molar refractivity (Wildman–Crippen MR) is 113 cm³/mol. The molecule has 4 aliphatic heterocycles. The Kier molecular flexibility index (Phi) is 5.52. The van der Waals surface area contributed by atoms with Gasteiger partial charge in [-0.2, -0.15) is 0 Å². The van der Waals surface area contributed by atoms with Crippen molar-refractivity contribution in [2.75, 3.05) is 52.9 Å². The van der Waals surface area contributed by atoms with Gasteiger partial charge in [0.1, 0.15) is 62.3 Å². The van der Waals surface area contributed by atoms with Gasteiger partial charge >= 0.3 is 0 Å². The lowest BCUT2D eigenvalue weighted by molar-refractivity contribution is 0.226. The van der Waals surface area contributed by atoms with Crippen LogP contribution in [0.1, 0.15) is 0 Å². The molecular weight excluding hydrogens is 416 g/mol. The van der Waals surface area contributed by atoms with Gasteiger partial charge in [-0.1, -0.05) is 12.1 Å². The Labute approximate surface area is 186 Å². The molecule has 2 aromatic carbocycles. The first-order valence-corrected chi connectivity index (χ1v) is 11.1. The van der Waals surface area contributed by atoms with Crippen LogP contribution in [0.5, 0.6) is 23.0 Å². The standard InChI is InChI=1S/C24H26O8/c1-2-15(6-16(3-1)25-7-17-8-26-17)23-21(30-12-18-9-27-18)4-5-22(31-13-19-10-28-19)24(23)32-14-20-11-29-20/h1-6,17-20H,7-14H2. The zero-order valence-corrected chi connectivity index (χ0v) is 17.7. The zero-order chi connectivity index (χ0) is 21.3. The van der Waals surface area contributed by atoms with Crippen LogP contribution in [0.3, 0.4) is 0 Å². The topological polar surface area (TPSA) is 87.0 Å². The van der Waals surface area contributed by atoms with E-state index < -0.39 is 0 Å². The van der Waals surface area contributed by atoms with E-state index in [1.165, 1.54) is 0 Å². The van der Waals surface area contributed by atoms with E-state index in [4.69, 9.17) is 37.9 Å². The Bertz CT molecular complexity index is 947. The zero-order valence-electron chi connectivity index (χ0n) is 17.7. The first-order chi connectivity index (χ1) is 15.8. The molecule has 0 amide bonds. The maximum absolute atomic E-state index is 6.25. The van der Waals surface area contributed by atoms with Gasteiger partial charge in [-0.05, 0) is 29.8 Å². The van der Waals surface area contributed by atoms with E-state index >= 15 is 0 Å². The summed E-state index contributed by atoms with van der Waals surface area (Å²) >= 11 is 0. The van der Waals surface area contributed by atoms with Gasteiger partial charge in [0, 0.05) is 0 Å². The van der Waals surface area contributed by atoms with Gasteiger partial charge in [0.25, 0.3) is 0 Å². The van der Waals surface area contributed by atoms with E-state index in [0.717, 1.165) is 36.7 Å². The minimum atomic E-state index is 0.111. The number of epoxide rings is 4. The lowest BCUT2D eigenvalue weighted by Gasteiger charge is -2.20. The molecule has 4 heterocycles. The summed E-state index contributed by atoms with van der Waals surface area (Å²) in [5.74, 6) is 2.77. The van der Waals surface area contributed by atoms with Crippen molar-refractivity contribution in [1.82, 2.24) is 0 Å². The molecule has 4 saturated heterocycles. The van der Waals surface area contributed by atoms with Crippen LogP contribution in [0.15, 0.2) is 36.4 Å². The fourth-order valence-electron chi connectivity index (χ4n) is 3.33. The van der Waals surface area contributed by atoms with Crippen molar-refractivity contribution in [3.8, 4) is 34.1 Å². The fourth-order valence-corrected chi connectivity index (χ4v) is 3.33. The molecule has 0 aromatic heterocycles. The highest BCUT2D eigenvalue weighted by Gasteiger charge is 2.30. The first-order valence-electron chi connectivity index (χ1n) is 11.1. The molecule has 0 N–H and O–H groups in total. The molecule has 0 bridgehead atoms. The fraction of sp³-hybridized carbons (Fsp3) is 0.500. The summed E-state index contributed by atoms with van der Waals surface area (Å²) in [4.78, 5) is 0. The van der Waals surface area contributed by atoms with Crippen LogP contribution < -0.4 is 18.9 Å². The highest BCUT2D eigenvalue weighted by atomic mass is 16.6. The molecule has 0 aliphatic carbocycles. The van der Waals surface area contributed by atoms with Crippen molar-refractivity contribution in [3.63, 3.8) is 0 Å². The van der Waals surface area contributed by atoms with Crippen molar-refractivity contribution in [2.45, 2.75) is 24.4 Å². The number of rotatable bonds is 13. The summed E-state index contributed by atoms with van der Waals surface area (Å²) in [6.07, 6.45) is 0.584. The average molecular weight is 442 g/mol. The largest absolute Gasteiger partial charge is 0.491 e. The summed E-state index contributed by atoms with van der Waals surface area (Å²) in [6.45, 7) is 4.89. The molecule has 0 saturated carbocycles. The molecule has 8 heteroatoms. The van der Waals surface area contributed by atoms with Gasteiger partial charge in [-0.25, -0.2) is 0 Å². The van der Waals surface area contributed by atoms with Crippen LogP contribution in [0, 0.1) is 0 Å². The van der Waals surface area contributed by atoms with E-state index in [1.54, 1.807) is 0 Å². The van der Waals surface area contributed by atoms with E-state index in [0.29, 0.717) is 50.3 Å². The maximum atomic E-state index is 6.25. The molecule has 4 aliphatic rings. The van der Waals surface area contributed by atoms with Gasteiger partial charge in [0.05, 0.1) is 32.0 Å². The molecule has 6 rings (SSSR count). The number of ether oxygens (including phenoxy) is 8. The lowest BCUT2D eigenvalue weighted by atomic mass is 10.0. The molecule has 2 aromatic rings. The van der Waals surface area contributed by atoms with Gasteiger partial charge in [0.2, 0.25) is 0 Å². The summed E-state index contributed by atoms with van der Waals surface area (Å²) < 4.78 is 45.6. The minimum Gasteiger partial charge on any atom is -0.491 e. The maximum Gasteiger partial charge on any atom is 0.172 e. The van der Waals surface area contributed by atoms with Crippen molar-refractivity contribution in [2.24, 2.45) is 0 Å². The Balaban J connectivity index is 1.33. The van der Waals surface area contributed by atoms with Crippen LogP contribution in [0.2, 0.25) is 0 Å². The van der Waals surface area contributed by atoms with E-state index in [1.807, 2.05) is 36.4 Å². The molecule has 170 valence electrons. The van der Waals surface area contributed by atoms with E-state index in [-0.39, 0.29) is 24.4 Å². The smallest absolute Gasteiger partial charge is 0.172 e.